The highest BCUT2D eigenvalue weighted by Gasteiger charge is 2.18. The fraction of sp³-hybridized carbons (Fsp3) is 0.0435. The zero-order valence-corrected chi connectivity index (χ0v) is 19.0. The number of hydrogen-bond acceptors (Lipinski definition) is 5. The minimum Gasteiger partial charge on any atom is -0.495 e. The predicted molar refractivity (Wildman–Crippen MR) is 126 cm³/mol. The first-order valence-electron chi connectivity index (χ1n) is 9.59. The summed E-state index contributed by atoms with van der Waals surface area (Å²) in [6.07, 6.45) is 2.71. The van der Waals surface area contributed by atoms with Gasteiger partial charge in [0.15, 0.2) is 0 Å². The Morgan fingerprint density at radius 2 is 1.67 bits per heavy atom. The molecule has 0 saturated carbocycles. The number of ether oxygens (including phenoxy) is 1. The van der Waals surface area contributed by atoms with Crippen molar-refractivity contribution in [1.29, 1.82) is 0 Å². The van der Waals surface area contributed by atoms with Gasteiger partial charge in [-0.15, -0.1) is 0 Å². The lowest BCUT2D eigenvalue weighted by Crippen LogP contribution is -2.40. The molecule has 0 aliphatic rings. The summed E-state index contributed by atoms with van der Waals surface area (Å²) in [6, 6.07) is 18.9. The third-order valence-corrected chi connectivity index (χ3v) is 6.08. The normalized spacial score (nSPS) is 11.1. The van der Waals surface area contributed by atoms with Gasteiger partial charge in [0.05, 0.1) is 17.7 Å². The molecule has 0 radical (unpaired) electrons. The number of halogens is 1. The van der Waals surface area contributed by atoms with Crippen molar-refractivity contribution in [3.8, 4) is 5.75 Å². The average molecular weight is 486 g/mol. The van der Waals surface area contributed by atoms with Crippen LogP contribution < -0.4 is 20.3 Å². The highest BCUT2D eigenvalue weighted by atomic mass is 35.5. The van der Waals surface area contributed by atoms with Crippen LogP contribution in [0.1, 0.15) is 15.9 Å². The monoisotopic (exact) mass is 485 g/mol. The molecule has 0 spiro atoms. The minimum atomic E-state index is -4.00. The number of sulfonamides is 1. The third kappa shape index (κ3) is 6.34. The second kappa shape index (κ2) is 10.7. The lowest BCUT2D eigenvalue weighted by molar-refractivity contribution is -0.117. The highest BCUT2D eigenvalue weighted by molar-refractivity contribution is 7.92. The molecule has 0 aromatic heterocycles. The van der Waals surface area contributed by atoms with Crippen LogP contribution in [0.5, 0.6) is 5.75 Å². The van der Waals surface area contributed by atoms with Crippen LogP contribution in [0, 0.1) is 0 Å². The molecule has 8 nitrogen and oxygen atoms in total. The lowest BCUT2D eigenvalue weighted by Gasteiger charge is -2.12. The third-order valence-electron chi connectivity index (χ3n) is 4.38. The summed E-state index contributed by atoms with van der Waals surface area (Å²) in [5.74, 6) is -0.934. The Hall–Kier alpha value is -3.82. The van der Waals surface area contributed by atoms with Gasteiger partial charge >= 0.3 is 0 Å². The summed E-state index contributed by atoms with van der Waals surface area (Å²) < 4.78 is 33.1. The van der Waals surface area contributed by atoms with Gasteiger partial charge in [0.1, 0.15) is 5.75 Å². The largest absolute Gasteiger partial charge is 0.495 e. The van der Waals surface area contributed by atoms with Crippen LogP contribution in [0.15, 0.2) is 83.8 Å². The number of benzene rings is 3. The molecule has 0 aliphatic heterocycles. The van der Waals surface area contributed by atoms with Gasteiger partial charge in [0.2, 0.25) is 0 Å². The Kier molecular flexibility index (Phi) is 7.70. The van der Waals surface area contributed by atoms with Crippen LogP contribution in [0.3, 0.4) is 0 Å². The van der Waals surface area contributed by atoms with Crippen LogP contribution in [0.2, 0.25) is 5.02 Å². The van der Waals surface area contributed by atoms with E-state index in [1.54, 1.807) is 48.5 Å². The molecule has 0 fully saturated rings. The smallest absolute Gasteiger partial charge is 0.269 e. The molecule has 0 saturated heterocycles. The van der Waals surface area contributed by atoms with Crippen molar-refractivity contribution in [2.75, 3.05) is 11.8 Å². The molecule has 33 heavy (non-hydrogen) atoms. The van der Waals surface area contributed by atoms with E-state index in [4.69, 9.17) is 16.3 Å². The molecule has 3 aromatic carbocycles. The van der Waals surface area contributed by atoms with Gasteiger partial charge in [-0.1, -0.05) is 48.0 Å². The molecule has 0 heterocycles. The molecule has 170 valence electrons. The van der Waals surface area contributed by atoms with Crippen molar-refractivity contribution >= 4 is 45.2 Å². The number of hydrogen-bond donors (Lipinski definition) is 3. The molecule has 0 aliphatic carbocycles. The Labute approximate surface area is 196 Å². The summed E-state index contributed by atoms with van der Waals surface area (Å²) in [4.78, 5) is 24.3. The molecule has 3 N–H and O–H groups in total. The number of amides is 2. The Bertz CT molecular complexity index is 1310. The predicted octanol–water partition coefficient (Wildman–Crippen LogP) is 3.62. The summed E-state index contributed by atoms with van der Waals surface area (Å²) in [5, 5.41) is 0.477. The zero-order valence-electron chi connectivity index (χ0n) is 17.4. The van der Waals surface area contributed by atoms with Gasteiger partial charge in [0.25, 0.3) is 21.8 Å². The number of rotatable bonds is 7. The van der Waals surface area contributed by atoms with Crippen molar-refractivity contribution in [1.82, 2.24) is 10.9 Å². The maximum absolute atomic E-state index is 12.8. The van der Waals surface area contributed by atoms with Crippen molar-refractivity contribution in [2.45, 2.75) is 4.90 Å². The van der Waals surface area contributed by atoms with E-state index in [2.05, 4.69) is 15.6 Å². The van der Waals surface area contributed by atoms with Crippen molar-refractivity contribution in [3.05, 3.63) is 95.0 Å². The highest BCUT2D eigenvalue weighted by Crippen LogP contribution is 2.26. The molecular weight excluding hydrogens is 466 g/mol. The molecular formula is C23H20ClN3O5S. The van der Waals surface area contributed by atoms with Crippen LogP contribution in [0.4, 0.5) is 5.69 Å². The van der Waals surface area contributed by atoms with Crippen molar-refractivity contribution < 1.29 is 22.7 Å². The number of nitrogens with one attached hydrogen (secondary N) is 3. The number of methoxy groups -OCH3 is 1. The van der Waals surface area contributed by atoms with Gasteiger partial charge in [-0.2, -0.15) is 0 Å². The van der Waals surface area contributed by atoms with Crippen molar-refractivity contribution in [3.63, 3.8) is 0 Å². The molecule has 3 rings (SSSR count). The average Bonchev–Trinajstić information content (AvgIpc) is 2.82. The molecule has 10 heteroatoms. The summed E-state index contributed by atoms with van der Waals surface area (Å²) >= 11 is 6.02. The first-order chi connectivity index (χ1) is 15.8. The Balaban J connectivity index is 1.66. The van der Waals surface area contributed by atoms with E-state index in [9.17, 15) is 18.0 Å². The molecule has 2 amide bonds. The van der Waals surface area contributed by atoms with Crippen LogP contribution >= 0.6 is 11.6 Å². The van der Waals surface area contributed by atoms with Crippen LogP contribution in [0.25, 0.3) is 6.08 Å². The van der Waals surface area contributed by atoms with E-state index < -0.39 is 21.8 Å². The van der Waals surface area contributed by atoms with E-state index in [-0.39, 0.29) is 16.1 Å². The van der Waals surface area contributed by atoms with E-state index in [0.717, 1.165) is 0 Å². The van der Waals surface area contributed by atoms with E-state index in [0.29, 0.717) is 16.3 Å². The second-order valence-corrected chi connectivity index (χ2v) is 8.72. The van der Waals surface area contributed by atoms with Gasteiger partial charge in [-0.05, 0) is 48.0 Å². The fourth-order valence-electron chi connectivity index (χ4n) is 2.75. The van der Waals surface area contributed by atoms with Gasteiger partial charge < -0.3 is 4.74 Å². The zero-order chi connectivity index (χ0) is 23.8. The maximum atomic E-state index is 12.8. The van der Waals surface area contributed by atoms with E-state index in [1.807, 2.05) is 0 Å². The number of carbonyl (C=O) groups excluding carboxylic acids is 2. The summed E-state index contributed by atoms with van der Waals surface area (Å²) in [5.41, 5.74) is 5.40. The van der Waals surface area contributed by atoms with E-state index in [1.165, 1.54) is 43.5 Å². The molecule has 0 atom stereocenters. The number of carbonyl (C=O) groups is 2. The van der Waals surface area contributed by atoms with Gasteiger partial charge in [-0.25, -0.2) is 8.42 Å². The van der Waals surface area contributed by atoms with Crippen LogP contribution in [-0.4, -0.2) is 27.3 Å². The first-order valence-corrected chi connectivity index (χ1v) is 11.4. The van der Waals surface area contributed by atoms with Gasteiger partial charge in [0, 0.05) is 16.7 Å². The second-order valence-electron chi connectivity index (χ2n) is 6.63. The minimum absolute atomic E-state index is 0.0354. The summed E-state index contributed by atoms with van der Waals surface area (Å²) in [6.45, 7) is 0. The van der Waals surface area contributed by atoms with Crippen molar-refractivity contribution in [2.24, 2.45) is 0 Å². The topological polar surface area (TPSA) is 114 Å². The molecule has 0 unspecified atom stereocenters. The number of para-hydroxylation sites is 2. The lowest BCUT2D eigenvalue weighted by atomic mass is 10.2. The quantitative estimate of drug-likeness (QED) is 0.349. The standard InChI is InChI=1S/C23H20ClN3O5S/c1-32-21-12-5-4-11-20(21)27-33(30,31)18-9-6-8-17(15-18)23(29)26-25-22(28)14-13-16-7-2-3-10-19(16)24/h2-15,27H,1H3,(H,25,28)(H,26,29)/b14-13+. The Morgan fingerprint density at radius 3 is 2.42 bits per heavy atom. The first kappa shape index (κ1) is 23.8. The SMILES string of the molecule is COc1ccccc1NS(=O)(=O)c1cccc(C(=O)NNC(=O)/C=C/c2ccccc2Cl)c1. The van der Waals surface area contributed by atoms with Gasteiger partial charge in [-0.3, -0.25) is 25.2 Å². The summed E-state index contributed by atoms with van der Waals surface area (Å²) in [7, 11) is -2.57. The fourth-order valence-corrected chi connectivity index (χ4v) is 4.06. The molecule has 0 bridgehead atoms. The van der Waals surface area contributed by atoms with E-state index >= 15 is 0 Å². The Morgan fingerprint density at radius 1 is 0.939 bits per heavy atom. The maximum Gasteiger partial charge on any atom is 0.269 e. The number of hydrazine groups is 1. The molecule has 3 aromatic rings. The number of anilines is 1. The van der Waals surface area contributed by atoms with Crippen LogP contribution in [-0.2, 0) is 14.8 Å².